The van der Waals surface area contributed by atoms with Crippen molar-refractivity contribution in [3.8, 4) is 17.0 Å². The van der Waals surface area contributed by atoms with E-state index < -0.39 is 17.5 Å². The summed E-state index contributed by atoms with van der Waals surface area (Å²) in [5.74, 6) is -0.0673. The molecule has 1 N–H and O–H groups in total. The number of amides is 1. The number of fused-ring (bicyclic) bond motifs is 1. The van der Waals surface area contributed by atoms with Crippen LogP contribution in [0.25, 0.3) is 22.3 Å². The van der Waals surface area contributed by atoms with E-state index >= 15 is 0 Å². The zero-order valence-corrected chi connectivity index (χ0v) is 17.8. The Labute approximate surface area is 182 Å². The summed E-state index contributed by atoms with van der Waals surface area (Å²) in [4.78, 5) is 18.8. The molecule has 5 rings (SSSR count). The first-order valence-electron chi connectivity index (χ1n) is 10.7. The Hall–Kier alpha value is -3.10. The maximum atomic E-state index is 13.0. The maximum absolute atomic E-state index is 13.0. The molecule has 2 fully saturated rings. The van der Waals surface area contributed by atoms with Gasteiger partial charge in [0.25, 0.3) is 0 Å². The van der Waals surface area contributed by atoms with Crippen molar-refractivity contribution in [3.05, 3.63) is 41.1 Å². The molecule has 1 atom stereocenters. The Morgan fingerprint density at radius 3 is 2.59 bits per heavy atom. The Kier molecular flexibility index (Phi) is 4.69. The van der Waals surface area contributed by atoms with Crippen LogP contribution in [0.4, 0.5) is 13.2 Å². The fourth-order valence-corrected chi connectivity index (χ4v) is 4.63. The monoisotopic (exact) mass is 444 g/mol. The number of likely N-dealkylation sites (tertiary alicyclic amines) is 1. The average molecular weight is 444 g/mol. The number of halogens is 3. The van der Waals surface area contributed by atoms with Gasteiger partial charge in [-0.25, -0.2) is 4.98 Å². The molecule has 32 heavy (non-hydrogen) atoms. The first-order valence-corrected chi connectivity index (χ1v) is 10.7. The molecule has 1 aromatic carbocycles. The Bertz CT molecular complexity index is 1210. The van der Waals surface area contributed by atoms with Crippen molar-refractivity contribution < 1.29 is 23.1 Å². The van der Waals surface area contributed by atoms with Crippen LogP contribution in [0.5, 0.6) is 5.75 Å². The molecule has 2 aromatic heterocycles. The van der Waals surface area contributed by atoms with E-state index in [0.29, 0.717) is 30.3 Å². The van der Waals surface area contributed by atoms with Crippen LogP contribution in [0, 0.1) is 19.8 Å². The van der Waals surface area contributed by atoms with Gasteiger partial charge in [0, 0.05) is 48.1 Å². The molecule has 1 amide bonds. The number of nitrogens with zero attached hydrogens (tertiary/aromatic N) is 4. The Morgan fingerprint density at radius 2 is 1.94 bits per heavy atom. The van der Waals surface area contributed by atoms with E-state index in [9.17, 15) is 23.1 Å². The van der Waals surface area contributed by atoms with Gasteiger partial charge in [-0.05, 0) is 56.5 Å². The second-order valence-electron chi connectivity index (χ2n) is 8.87. The van der Waals surface area contributed by atoms with Gasteiger partial charge in [-0.15, -0.1) is 0 Å². The van der Waals surface area contributed by atoms with Gasteiger partial charge in [0.2, 0.25) is 5.91 Å². The van der Waals surface area contributed by atoms with Crippen LogP contribution in [-0.4, -0.2) is 43.3 Å². The number of phenolic OH excluding ortho intramolecular Hbond substituents is 1. The largest absolute Gasteiger partial charge is 0.507 e. The smallest absolute Gasteiger partial charge is 0.416 e. The second-order valence-corrected chi connectivity index (χ2v) is 8.87. The molecule has 3 aromatic rings. The third kappa shape index (κ3) is 3.59. The highest BCUT2D eigenvalue weighted by molar-refractivity contribution is 5.83. The van der Waals surface area contributed by atoms with Crippen molar-refractivity contribution in [2.24, 2.45) is 5.92 Å². The highest BCUT2D eigenvalue weighted by atomic mass is 19.4. The Morgan fingerprint density at radius 1 is 1.19 bits per heavy atom. The van der Waals surface area contributed by atoms with Crippen LogP contribution in [0.15, 0.2) is 24.3 Å². The van der Waals surface area contributed by atoms with Crippen LogP contribution in [0.2, 0.25) is 0 Å². The number of hydrogen-bond acceptors (Lipinski definition) is 4. The lowest BCUT2D eigenvalue weighted by molar-refractivity contribution is -0.137. The molecule has 0 bridgehead atoms. The van der Waals surface area contributed by atoms with Crippen LogP contribution in [0.3, 0.4) is 0 Å². The summed E-state index contributed by atoms with van der Waals surface area (Å²) in [6.07, 6.45) is -1.84. The number of aromatic hydroxyl groups is 1. The van der Waals surface area contributed by atoms with Crippen molar-refractivity contribution in [1.82, 2.24) is 19.7 Å². The number of carbonyl (C=O) groups excluding carboxylic acids is 1. The van der Waals surface area contributed by atoms with E-state index in [1.165, 1.54) is 6.92 Å². The number of hydrogen-bond donors (Lipinski definition) is 1. The van der Waals surface area contributed by atoms with E-state index in [2.05, 4.69) is 10.1 Å². The quantitative estimate of drug-likeness (QED) is 0.646. The number of aryl methyl sites for hydroxylation is 2. The summed E-state index contributed by atoms with van der Waals surface area (Å²) in [6, 6.07) is 5.65. The molecule has 3 heterocycles. The third-order valence-corrected chi connectivity index (χ3v) is 6.42. The fourth-order valence-electron chi connectivity index (χ4n) is 4.63. The first kappa shape index (κ1) is 20.8. The zero-order valence-electron chi connectivity index (χ0n) is 17.8. The predicted octanol–water partition coefficient (Wildman–Crippen LogP) is 4.45. The number of aromatic nitrogens is 3. The van der Waals surface area contributed by atoms with Crippen molar-refractivity contribution in [1.29, 1.82) is 0 Å². The lowest BCUT2D eigenvalue weighted by atomic mass is 10.00. The van der Waals surface area contributed by atoms with Crippen LogP contribution in [0.1, 0.15) is 36.1 Å². The van der Waals surface area contributed by atoms with Gasteiger partial charge in [0.1, 0.15) is 5.75 Å². The van der Waals surface area contributed by atoms with E-state index in [0.717, 1.165) is 42.6 Å². The molecule has 168 valence electrons. The molecular formula is C23H23F3N4O2. The minimum absolute atomic E-state index is 0.191. The molecule has 0 unspecified atom stereocenters. The minimum atomic E-state index is -4.54. The normalized spacial score (nSPS) is 19.3. The summed E-state index contributed by atoms with van der Waals surface area (Å²) in [5, 5.41) is 15.7. The minimum Gasteiger partial charge on any atom is -0.507 e. The fraction of sp³-hybridized carbons (Fsp3) is 0.435. The zero-order chi connectivity index (χ0) is 22.8. The van der Waals surface area contributed by atoms with Crippen molar-refractivity contribution in [3.63, 3.8) is 0 Å². The van der Waals surface area contributed by atoms with E-state index in [1.54, 1.807) is 6.07 Å². The van der Waals surface area contributed by atoms with Crippen LogP contribution < -0.4 is 0 Å². The molecule has 1 saturated heterocycles. The van der Waals surface area contributed by atoms with Crippen molar-refractivity contribution >= 4 is 16.9 Å². The number of pyridine rings is 1. The summed E-state index contributed by atoms with van der Waals surface area (Å²) in [6.45, 7) is 4.81. The maximum Gasteiger partial charge on any atom is 0.416 e. The highest BCUT2D eigenvalue weighted by Gasteiger charge is 2.39. The first-order chi connectivity index (χ1) is 15.1. The molecule has 6 nitrogen and oxygen atoms in total. The molecular weight excluding hydrogens is 421 g/mol. The van der Waals surface area contributed by atoms with Gasteiger partial charge in [0.05, 0.1) is 11.3 Å². The molecule has 1 aliphatic carbocycles. The van der Waals surface area contributed by atoms with E-state index in [-0.39, 0.29) is 23.0 Å². The molecule has 1 saturated carbocycles. The van der Waals surface area contributed by atoms with Crippen LogP contribution >= 0.6 is 0 Å². The number of benzene rings is 1. The Balaban J connectivity index is 1.45. The average Bonchev–Trinajstić information content (AvgIpc) is 3.42. The lowest BCUT2D eigenvalue weighted by Crippen LogP contribution is -2.27. The summed E-state index contributed by atoms with van der Waals surface area (Å²) >= 11 is 0. The standard InChI is InChI=1S/C23H23F3N4O2/c1-12-7-15(23(24,25)26)9-19(31)21(12)18-6-5-17-13(2)30(28-22(17)27-18)11-14-8-20(32)29(10-14)16-3-4-16/h5-7,9,14,16,31H,3-4,8,10-11H2,1-2H3/t14-/m0/s1. The SMILES string of the molecule is Cc1cc(C(F)(F)F)cc(O)c1-c1ccc2c(C)n(C[C@H]3CC(=O)N(C4CC4)C3)nc2n1. The number of phenols is 1. The lowest BCUT2D eigenvalue weighted by Gasteiger charge is -2.15. The number of carbonyl (C=O) groups is 1. The van der Waals surface area contributed by atoms with Gasteiger partial charge in [-0.2, -0.15) is 18.3 Å². The molecule has 1 aliphatic heterocycles. The molecule has 2 aliphatic rings. The topological polar surface area (TPSA) is 71.2 Å². The molecule has 0 radical (unpaired) electrons. The number of rotatable bonds is 4. The molecule has 0 spiro atoms. The van der Waals surface area contributed by atoms with Gasteiger partial charge < -0.3 is 10.0 Å². The molecule has 9 heteroatoms. The number of alkyl halides is 3. The van der Waals surface area contributed by atoms with Gasteiger partial charge in [0.15, 0.2) is 5.65 Å². The van der Waals surface area contributed by atoms with Gasteiger partial charge in [-0.1, -0.05) is 0 Å². The highest BCUT2D eigenvalue weighted by Crippen LogP contribution is 2.39. The van der Waals surface area contributed by atoms with E-state index in [1.807, 2.05) is 22.6 Å². The third-order valence-electron chi connectivity index (χ3n) is 6.42. The van der Waals surface area contributed by atoms with Gasteiger partial charge in [-0.3, -0.25) is 9.48 Å². The second kappa shape index (κ2) is 7.21. The predicted molar refractivity (Wildman–Crippen MR) is 112 cm³/mol. The van der Waals surface area contributed by atoms with E-state index in [4.69, 9.17) is 0 Å². The summed E-state index contributed by atoms with van der Waals surface area (Å²) < 4.78 is 41.0. The summed E-state index contributed by atoms with van der Waals surface area (Å²) in [7, 11) is 0. The van der Waals surface area contributed by atoms with Gasteiger partial charge >= 0.3 is 6.18 Å². The summed E-state index contributed by atoms with van der Waals surface area (Å²) in [5.41, 5.74) is 1.39. The van der Waals surface area contributed by atoms with Crippen LogP contribution in [-0.2, 0) is 17.5 Å². The van der Waals surface area contributed by atoms with Crippen molar-refractivity contribution in [2.75, 3.05) is 6.54 Å². The van der Waals surface area contributed by atoms with Crippen molar-refractivity contribution in [2.45, 2.75) is 51.9 Å².